The Morgan fingerprint density at radius 2 is 1.81 bits per heavy atom. The molecule has 1 aliphatic carbocycles. The lowest BCUT2D eigenvalue weighted by Gasteiger charge is -2.31. The van der Waals surface area contributed by atoms with Gasteiger partial charge in [-0.15, -0.1) is 0 Å². The predicted octanol–water partition coefficient (Wildman–Crippen LogP) is 2.34. The summed E-state index contributed by atoms with van der Waals surface area (Å²) in [7, 11) is 0. The number of nitrogens with two attached hydrogens (primary N) is 1. The molecule has 0 unspecified atom stereocenters. The highest BCUT2D eigenvalue weighted by Gasteiger charge is 2.32. The minimum Gasteiger partial charge on any atom is -0.481 e. The first-order valence-corrected chi connectivity index (χ1v) is 10.9. The molecule has 0 atom stereocenters. The normalized spacial score (nSPS) is 20.6. The van der Waals surface area contributed by atoms with Gasteiger partial charge in [-0.3, -0.25) is 19.1 Å². The number of halogens is 1. The standard InChI is InChI=1S/C23H27FN4O4/c24-17-7-3-15(4-8-17)12-28-19-13-27(10-9-18(19)21(26-28)22(25)30)20(29)11-14-1-5-16(6-2-14)23(31)32/h3-4,7-8,14,16H,1-2,5-6,9-13H2,(H2,25,30)(H,31,32)/t14-,16-. The van der Waals surface area contributed by atoms with Crippen molar-refractivity contribution in [2.24, 2.45) is 17.6 Å². The third kappa shape index (κ3) is 4.66. The van der Waals surface area contributed by atoms with Crippen LogP contribution >= 0.6 is 0 Å². The number of hydrogen-bond acceptors (Lipinski definition) is 4. The summed E-state index contributed by atoms with van der Waals surface area (Å²) in [5.74, 6) is -1.75. The van der Waals surface area contributed by atoms with Crippen LogP contribution in [0, 0.1) is 17.7 Å². The summed E-state index contributed by atoms with van der Waals surface area (Å²) in [6.45, 7) is 1.16. The molecule has 0 saturated heterocycles. The van der Waals surface area contributed by atoms with E-state index in [4.69, 9.17) is 10.8 Å². The summed E-state index contributed by atoms with van der Waals surface area (Å²) in [4.78, 5) is 37.8. The van der Waals surface area contributed by atoms with Gasteiger partial charge in [0.25, 0.3) is 5.91 Å². The third-order valence-corrected chi connectivity index (χ3v) is 6.63. The fourth-order valence-corrected chi connectivity index (χ4v) is 4.77. The Bertz CT molecular complexity index is 1030. The second kappa shape index (κ2) is 9.10. The van der Waals surface area contributed by atoms with E-state index in [0.29, 0.717) is 45.3 Å². The van der Waals surface area contributed by atoms with E-state index in [1.807, 2.05) is 0 Å². The van der Waals surface area contributed by atoms with Gasteiger partial charge in [-0.05, 0) is 55.7 Å². The lowest BCUT2D eigenvalue weighted by molar-refractivity contribution is -0.143. The minimum absolute atomic E-state index is 0.0320. The van der Waals surface area contributed by atoms with Crippen LogP contribution in [-0.4, -0.2) is 44.1 Å². The van der Waals surface area contributed by atoms with Crippen LogP contribution in [0.3, 0.4) is 0 Å². The highest BCUT2D eigenvalue weighted by atomic mass is 19.1. The monoisotopic (exact) mass is 442 g/mol. The van der Waals surface area contributed by atoms with Crippen molar-refractivity contribution < 1.29 is 23.9 Å². The van der Waals surface area contributed by atoms with E-state index in [1.165, 1.54) is 12.1 Å². The van der Waals surface area contributed by atoms with Crippen molar-refractivity contribution in [2.45, 2.75) is 51.6 Å². The van der Waals surface area contributed by atoms with Crippen LogP contribution in [0.25, 0.3) is 0 Å². The molecule has 1 aromatic carbocycles. The van der Waals surface area contributed by atoms with Crippen molar-refractivity contribution in [3.63, 3.8) is 0 Å². The van der Waals surface area contributed by atoms with Crippen LogP contribution in [0.2, 0.25) is 0 Å². The van der Waals surface area contributed by atoms with Crippen LogP contribution in [0.5, 0.6) is 0 Å². The van der Waals surface area contributed by atoms with E-state index in [9.17, 15) is 18.8 Å². The maximum atomic E-state index is 13.2. The van der Waals surface area contributed by atoms with E-state index in [1.54, 1.807) is 21.7 Å². The number of nitrogens with zero attached hydrogens (tertiary/aromatic N) is 3. The molecule has 0 radical (unpaired) electrons. The summed E-state index contributed by atoms with van der Waals surface area (Å²) in [5.41, 5.74) is 8.12. The largest absolute Gasteiger partial charge is 0.481 e. The van der Waals surface area contributed by atoms with Crippen molar-refractivity contribution >= 4 is 17.8 Å². The molecule has 0 bridgehead atoms. The fourth-order valence-electron chi connectivity index (χ4n) is 4.77. The van der Waals surface area contributed by atoms with Crippen LogP contribution < -0.4 is 5.73 Å². The maximum absolute atomic E-state index is 13.2. The Balaban J connectivity index is 1.47. The Kier molecular flexibility index (Phi) is 6.25. The van der Waals surface area contributed by atoms with Crippen LogP contribution in [0.15, 0.2) is 24.3 Å². The van der Waals surface area contributed by atoms with E-state index >= 15 is 0 Å². The van der Waals surface area contributed by atoms with Crippen molar-refractivity contribution in [1.82, 2.24) is 14.7 Å². The highest BCUT2D eigenvalue weighted by Crippen LogP contribution is 2.32. The van der Waals surface area contributed by atoms with Gasteiger partial charge < -0.3 is 15.7 Å². The molecule has 1 aliphatic heterocycles. The van der Waals surface area contributed by atoms with Gasteiger partial charge in [-0.25, -0.2) is 4.39 Å². The molecule has 170 valence electrons. The van der Waals surface area contributed by atoms with Crippen LogP contribution in [0.4, 0.5) is 4.39 Å². The van der Waals surface area contributed by atoms with Gasteiger partial charge in [0.2, 0.25) is 5.91 Å². The molecule has 8 nitrogen and oxygen atoms in total. The molecule has 32 heavy (non-hydrogen) atoms. The van der Waals surface area contributed by atoms with E-state index < -0.39 is 11.9 Å². The number of carbonyl (C=O) groups excluding carboxylic acids is 2. The summed E-state index contributed by atoms with van der Waals surface area (Å²) in [6.07, 6.45) is 3.62. The zero-order valence-electron chi connectivity index (χ0n) is 17.8. The molecule has 4 rings (SSSR count). The molecular formula is C23H27FN4O4. The fraction of sp³-hybridized carbons (Fsp3) is 0.478. The van der Waals surface area contributed by atoms with Crippen molar-refractivity contribution in [3.8, 4) is 0 Å². The zero-order chi connectivity index (χ0) is 22.8. The number of carboxylic acids is 1. The number of carbonyl (C=O) groups is 3. The lowest BCUT2D eigenvalue weighted by Crippen LogP contribution is -2.38. The number of fused-ring (bicyclic) bond motifs is 1. The van der Waals surface area contributed by atoms with Gasteiger partial charge in [0, 0.05) is 18.5 Å². The van der Waals surface area contributed by atoms with Gasteiger partial charge in [0.1, 0.15) is 5.82 Å². The SMILES string of the molecule is NC(=O)c1nn(Cc2ccc(F)cc2)c2c1CCN(C(=O)C[C@H]1CC[C@H](C(=O)O)CC1)C2. The van der Waals surface area contributed by atoms with E-state index in [2.05, 4.69) is 5.10 Å². The number of aromatic nitrogens is 2. The summed E-state index contributed by atoms with van der Waals surface area (Å²) in [5, 5.41) is 13.6. The van der Waals surface area contributed by atoms with Crippen molar-refractivity contribution in [1.29, 1.82) is 0 Å². The molecule has 2 aromatic rings. The number of hydrogen-bond donors (Lipinski definition) is 2. The Hall–Kier alpha value is -3.23. The number of carboxylic acid groups (broad SMARTS) is 1. The third-order valence-electron chi connectivity index (χ3n) is 6.63. The molecule has 9 heteroatoms. The molecule has 2 amide bonds. The number of primary amides is 1. The van der Waals surface area contributed by atoms with E-state index in [0.717, 1.165) is 29.7 Å². The maximum Gasteiger partial charge on any atom is 0.306 e. The summed E-state index contributed by atoms with van der Waals surface area (Å²) < 4.78 is 14.9. The number of aliphatic carboxylic acids is 1. The second-order valence-corrected chi connectivity index (χ2v) is 8.75. The van der Waals surface area contributed by atoms with Crippen molar-refractivity contribution in [2.75, 3.05) is 6.54 Å². The summed E-state index contributed by atoms with van der Waals surface area (Å²) >= 11 is 0. The predicted molar refractivity (Wildman–Crippen MR) is 113 cm³/mol. The number of rotatable bonds is 6. The first-order chi connectivity index (χ1) is 15.3. The topological polar surface area (TPSA) is 119 Å². The average molecular weight is 442 g/mol. The molecule has 1 fully saturated rings. The Morgan fingerprint density at radius 1 is 1.12 bits per heavy atom. The Morgan fingerprint density at radius 3 is 2.44 bits per heavy atom. The van der Waals surface area contributed by atoms with Gasteiger partial charge >= 0.3 is 5.97 Å². The Labute approximate surface area is 185 Å². The van der Waals surface area contributed by atoms with Gasteiger partial charge in [0.05, 0.1) is 24.7 Å². The van der Waals surface area contributed by atoms with Crippen molar-refractivity contribution in [3.05, 3.63) is 52.6 Å². The van der Waals surface area contributed by atoms with Gasteiger partial charge in [-0.1, -0.05) is 12.1 Å². The molecule has 1 saturated carbocycles. The van der Waals surface area contributed by atoms with Crippen LogP contribution in [0.1, 0.15) is 59.4 Å². The number of benzene rings is 1. The first kappa shape index (κ1) is 22.0. The van der Waals surface area contributed by atoms with E-state index in [-0.39, 0.29) is 29.3 Å². The number of amides is 2. The lowest BCUT2D eigenvalue weighted by atomic mass is 9.80. The molecular weight excluding hydrogens is 415 g/mol. The smallest absolute Gasteiger partial charge is 0.306 e. The van der Waals surface area contributed by atoms with Gasteiger partial charge in [0.15, 0.2) is 5.69 Å². The first-order valence-electron chi connectivity index (χ1n) is 10.9. The molecule has 2 aliphatic rings. The summed E-state index contributed by atoms with van der Waals surface area (Å²) in [6, 6.07) is 6.06. The molecule has 0 spiro atoms. The highest BCUT2D eigenvalue weighted by molar-refractivity contribution is 5.92. The van der Waals surface area contributed by atoms with Gasteiger partial charge in [-0.2, -0.15) is 5.10 Å². The average Bonchev–Trinajstić information content (AvgIpc) is 3.13. The van der Waals surface area contributed by atoms with Crippen LogP contribution in [-0.2, 0) is 29.1 Å². The minimum atomic E-state index is -0.752. The molecule has 1 aromatic heterocycles. The zero-order valence-corrected chi connectivity index (χ0v) is 17.8. The quantitative estimate of drug-likeness (QED) is 0.712. The molecule has 3 N–H and O–H groups in total. The second-order valence-electron chi connectivity index (χ2n) is 8.75. The molecule has 2 heterocycles.